The van der Waals surface area contributed by atoms with Crippen LogP contribution in [0, 0.1) is 11.8 Å². The van der Waals surface area contributed by atoms with Gasteiger partial charge in [-0.25, -0.2) is 8.78 Å². The highest BCUT2D eigenvalue weighted by molar-refractivity contribution is 9.12. The zero-order valence-electron chi connectivity index (χ0n) is 10.4. The van der Waals surface area contributed by atoms with Crippen molar-refractivity contribution in [2.24, 2.45) is 11.8 Å². The fourth-order valence-electron chi connectivity index (χ4n) is 3.28. The van der Waals surface area contributed by atoms with Crippen LogP contribution in [0.5, 0.6) is 0 Å². The van der Waals surface area contributed by atoms with Crippen molar-refractivity contribution in [3.8, 4) is 0 Å². The zero-order valence-corrected chi connectivity index (χ0v) is 12.0. The monoisotopic (exact) mass is 346 g/mol. The van der Waals surface area contributed by atoms with Crippen molar-refractivity contribution in [3.05, 3.63) is 33.6 Å². The predicted molar refractivity (Wildman–Crippen MR) is 71.1 cm³/mol. The van der Waals surface area contributed by atoms with Gasteiger partial charge in [0, 0.05) is 5.92 Å². The third-order valence-corrected chi connectivity index (χ3v) is 5.15. The topological polar surface area (TPSA) is 57.5 Å². The van der Waals surface area contributed by atoms with Gasteiger partial charge in [-0.2, -0.15) is 0 Å². The lowest BCUT2D eigenvalue weighted by Crippen LogP contribution is -2.41. The third kappa shape index (κ3) is 1.85. The Kier molecular flexibility index (Phi) is 3.23. The minimum Gasteiger partial charge on any atom is -0.358 e. The molecule has 0 radical (unpaired) electrons. The van der Waals surface area contributed by atoms with Crippen LogP contribution in [0.15, 0.2) is 33.6 Å². The van der Waals surface area contributed by atoms with E-state index in [0.29, 0.717) is 10.1 Å². The summed E-state index contributed by atoms with van der Waals surface area (Å²) in [7, 11) is 0. The Morgan fingerprint density at radius 3 is 2.60 bits per heavy atom. The molecule has 0 aromatic heterocycles. The fourth-order valence-corrected chi connectivity index (χ4v) is 4.10. The Morgan fingerprint density at radius 2 is 1.95 bits per heavy atom. The van der Waals surface area contributed by atoms with Crippen molar-refractivity contribution in [1.29, 1.82) is 0 Å². The number of halogens is 3. The average Bonchev–Trinajstić information content (AvgIpc) is 2.92. The number of aliphatic hydroxyl groups is 2. The van der Waals surface area contributed by atoms with Crippen LogP contribution >= 0.6 is 15.9 Å². The van der Waals surface area contributed by atoms with E-state index in [1.54, 1.807) is 0 Å². The minimum atomic E-state index is -3.12. The number of allylic oxidation sites excluding steroid dienone is 4. The third-order valence-electron chi connectivity index (χ3n) is 4.33. The first kappa shape index (κ1) is 14.1. The Labute approximate surface area is 122 Å². The van der Waals surface area contributed by atoms with Gasteiger partial charge in [-0.15, -0.1) is 0 Å². The summed E-state index contributed by atoms with van der Waals surface area (Å²) in [4.78, 5) is 12.1. The van der Waals surface area contributed by atoms with E-state index in [2.05, 4.69) is 15.9 Å². The second kappa shape index (κ2) is 4.58. The summed E-state index contributed by atoms with van der Waals surface area (Å²) in [6.07, 6.45) is 2.10. The van der Waals surface area contributed by atoms with Gasteiger partial charge in [-0.1, -0.05) is 6.42 Å². The fraction of sp³-hybridized carbons (Fsp3) is 0.500. The molecule has 0 bridgehead atoms. The van der Waals surface area contributed by atoms with Crippen LogP contribution in [0.25, 0.3) is 0 Å². The minimum absolute atomic E-state index is 0.0301. The van der Waals surface area contributed by atoms with Gasteiger partial charge in [0.1, 0.15) is 0 Å². The summed E-state index contributed by atoms with van der Waals surface area (Å²) < 4.78 is 27.7. The number of carbonyl (C=O) groups is 1. The van der Waals surface area contributed by atoms with Gasteiger partial charge < -0.3 is 10.2 Å². The molecule has 3 atom stereocenters. The van der Waals surface area contributed by atoms with Crippen LogP contribution < -0.4 is 0 Å². The number of alkyl halides is 1. The van der Waals surface area contributed by atoms with Crippen LogP contribution in [0.2, 0.25) is 0 Å². The SMILES string of the molecule is O=C1C(Br)=C(C2=CC(F)C(O)(O)C(F)=C2)C2CCCC12. The van der Waals surface area contributed by atoms with Crippen molar-refractivity contribution < 1.29 is 23.8 Å². The van der Waals surface area contributed by atoms with Gasteiger partial charge in [-0.3, -0.25) is 4.79 Å². The highest BCUT2D eigenvalue weighted by atomic mass is 79.9. The first-order chi connectivity index (χ1) is 9.34. The predicted octanol–water partition coefficient (Wildman–Crippen LogP) is 2.45. The molecule has 3 aliphatic rings. The Balaban J connectivity index is 2.04. The van der Waals surface area contributed by atoms with E-state index < -0.39 is 17.8 Å². The molecule has 3 aliphatic carbocycles. The van der Waals surface area contributed by atoms with Gasteiger partial charge in [0.2, 0.25) is 0 Å². The molecule has 2 N–H and O–H groups in total. The average molecular weight is 347 g/mol. The molecule has 0 saturated heterocycles. The van der Waals surface area contributed by atoms with E-state index in [9.17, 15) is 23.8 Å². The standard InChI is InChI=1S/C14H13BrF2O3/c15-12-11(7-2-1-3-8(7)13(12)18)6-4-9(16)14(19,20)10(17)5-6/h4-5,7-9,19-20H,1-3H2. The van der Waals surface area contributed by atoms with Crippen molar-refractivity contribution in [2.75, 3.05) is 0 Å². The van der Waals surface area contributed by atoms with E-state index in [-0.39, 0.29) is 23.2 Å². The first-order valence-corrected chi connectivity index (χ1v) is 7.26. The molecule has 0 aliphatic heterocycles. The van der Waals surface area contributed by atoms with E-state index in [1.165, 1.54) is 0 Å². The lowest BCUT2D eigenvalue weighted by Gasteiger charge is -2.27. The van der Waals surface area contributed by atoms with Crippen molar-refractivity contribution in [2.45, 2.75) is 31.2 Å². The number of carbonyl (C=O) groups excluding carboxylic acids is 1. The molecule has 20 heavy (non-hydrogen) atoms. The molecule has 1 fully saturated rings. The number of fused-ring (bicyclic) bond motifs is 1. The number of rotatable bonds is 1. The van der Waals surface area contributed by atoms with Crippen LogP contribution in [0.1, 0.15) is 19.3 Å². The summed E-state index contributed by atoms with van der Waals surface area (Å²) in [6.45, 7) is 0. The molecule has 0 heterocycles. The quantitative estimate of drug-likeness (QED) is 0.717. The van der Waals surface area contributed by atoms with Crippen LogP contribution in [-0.4, -0.2) is 28.0 Å². The number of ketones is 1. The maximum absolute atomic E-state index is 13.7. The van der Waals surface area contributed by atoms with Gasteiger partial charge >= 0.3 is 0 Å². The number of Topliss-reactive ketones (excluding diaryl/α,β-unsaturated/α-hetero) is 1. The maximum atomic E-state index is 13.7. The van der Waals surface area contributed by atoms with Crippen molar-refractivity contribution >= 4 is 21.7 Å². The molecule has 3 unspecified atom stereocenters. The van der Waals surface area contributed by atoms with E-state index in [0.717, 1.165) is 31.4 Å². The second-order valence-corrected chi connectivity index (χ2v) is 6.27. The van der Waals surface area contributed by atoms with Gasteiger partial charge in [0.25, 0.3) is 5.79 Å². The summed E-state index contributed by atoms with van der Waals surface area (Å²) in [5, 5.41) is 18.6. The van der Waals surface area contributed by atoms with Crippen LogP contribution in [0.4, 0.5) is 8.78 Å². The molecule has 0 aromatic rings. The molecule has 3 nitrogen and oxygen atoms in total. The van der Waals surface area contributed by atoms with Crippen LogP contribution in [0.3, 0.4) is 0 Å². The molecule has 0 amide bonds. The maximum Gasteiger partial charge on any atom is 0.253 e. The molecular formula is C14H13BrF2O3. The lowest BCUT2D eigenvalue weighted by atomic mass is 9.86. The second-order valence-electron chi connectivity index (χ2n) is 5.48. The molecule has 0 spiro atoms. The Bertz CT molecular complexity index is 577. The summed E-state index contributed by atoms with van der Waals surface area (Å²) >= 11 is 3.22. The zero-order chi connectivity index (χ0) is 14.7. The molecule has 0 aromatic carbocycles. The Hall–Kier alpha value is -0.850. The molecule has 108 valence electrons. The molecular weight excluding hydrogens is 334 g/mol. The van der Waals surface area contributed by atoms with Crippen molar-refractivity contribution in [3.63, 3.8) is 0 Å². The highest BCUT2D eigenvalue weighted by Crippen LogP contribution is 2.50. The Morgan fingerprint density at radius 1 is 1.30 bits per heavy atom. The van der Waals surface area contributed by atoms with Gasteiger partial charge in [-0.05, 0) is 58.0 Å². The van der Waals surface area contributed by atoms with E-state index >= 15 is 0 Å². The molecule has 3 rings (SSSR count). The smallest absolute Gasteiger partial charge is 0.253 e. The highest BCUT2D eigenvalue weighted by Gasteiger charge is 2.47. The summed E-state index contributed by atoms with van der Waals surface area (Å²) in [5.74, 6) is -4.65. The largest absolute Gasteiger partial charge is 0.358 e. The van der Waals surface area contributed by atoms with Crippen molar-refractivity contribution in [1.82, 2.24) is 0 Å². The van der Waals surface area contributed by atoms with Gasteiger partial charge in [0.15, 0.2) is 17.8 Å². The first-order valence-electron chi connectivity index (χ1n) is 6.46. The number of hydrogen-bond acceptors (Lipinski definition) is 3. The van der Waals surface area contributed by atoms with Crippen LogP contribution in [-0.2, 0) is 4.79 Å². The number of hydrogen-bond donors (Lipinski definition) is 2. The summed E-state index contributed by atoms with van der Waals surface area (Å²) in [6, 6.07) is 0. The molecule has 1 saturated carbocycles. The van der Waals surface area contributed by atoms with Gasteiger partial charge in [0.05, 0.1) is 4.48 Å². The van der Waals surface area contributed by atoms with E-state index in [1.807, 2.05) is 0 Å². The summed E-state index contributed by atoms with van der Waals surface area (Å²) in [5.41, 5.74) is 0.814. The lowest BCUT2D eigenvalue weighted by molar-refractivity contribution is -0.176. The van der Waals surface area contributed by atoms with E-state index in [4.69, 9.17) is 0 Å². The molecule has 6 heteroatoms. The normalized spacial score (nSPS) is 36.0.